The minimum Gasteiger partial charge on any atom is -0.466 e. The van der Waals surface area contributed by atoms with Crippen molar-refractivity contribution in [3.05, 3.63) is 24.3 Å². The molecule has 0 saturated carbocycles. The van der Waals surface area contributed by atoms with Crippen molar-refractivity contribution in [1.29, 1.82) is 0 Å². The number of esters is 1. The van der Waals surface area contributed by atoms with Crippen LogP contribution in [0.15, 0.2) is 24.3 Å². The average Bonchev–Trinajstić information content (AvgIpc) is 2.22. The first-order valence-corrected chi connectivity index (χ1v) is 5.76. The summed E-state index contributed by atoms with van der Waals surface area (Å²) in [5.74, 6) is -0.143. The molecule has 2 nitrogen and oxygen atoms in total. The third-order valence-electron chi connectivity index (χ3n) is 1.88. The van der Waals surface area contributed by atoms with Crippen LogP contribution in [0.5, 0.6) is 0 Å². The van der Waals surface area contributed by atoms with Crippen molar-refractivity contribution in [1.82, 2.24) is 0 Å². The quantitative estimate of drug-likeness (QED) is 0.347. The molecule has 0 aromatic rings. The molecule has 15 heavy (non-hydrogen) atoms. The summed E-state index contributed by atoms with van der Waals surface area (Å²) in [5.41, 5.74) is 0. The van der Waals surface area contributed by atoms with Crippen LogP contribution in [0.1, 0.15) is 46.0 Å². The minimum absolute atomic E-state index is 0.143. The van der Waals surface area contributed by atoms with Crippen LogP contribution in [0.2, 0.25) is 0 Å². The number of allylic oxidation sites excluding steroid dienone is 3. The van der Waals surface area contributed by atoms with Gasteiger partial charge in [0.2, 0.25) is 0 Å². The standard InChI is InChI=1S/C13H22O2/c1-3-5-6-7-8-9-10-11-12-13(14)15-4-2/h6-7,10-11H,3-5,8-9,12H2,1-2H3/b7-6+,11-10+. The summed E-state index contributed by atoms with van der Waals surface area (Å²) in [6.45, 7) is 4.45. The molecule has 0 radical (unpaired) electrons. The lowest BCUT2D eigenvalue weighted by molar-refractivity contribution is -0.142. The van der Waals surface area contributed by atoms with Crippen molar-refractivity contribution in [2.24, 2.45) is 0 Å². The zero-order valence-electron chi connectivity index (χ0n) is 9.87. The van der Waals surface area contributed by atoms with Gasteiger partial charge in [-0.15, -0.1) is 0 Å². The third-order valence-corrected chi connectivity index (χ3v) is 1.88. The van der Waals surface area contributed by atoms with Crippen molar-refractivity contribution >= 4 is 5.97 Å². The van der Waals surface area contributed by atoms with Gasteiger partial charge in [-0.2, -0.15) is 0 Å². The van der Waals surface area contributed by atoms with Gasteiger partial charge in [-0.05, 0) is 26.2 Å². The highest BCUT2D eigenvalue weighted by Gasteiger charge is 1.94. The van der Waals surface area contributed by atoms with E-state index in [9.17, 15) is 4.79 Å². The molecule has 0 saturated heterocycles. The maximum atomic E-state index is 10.9. The Balaban J connectivity index is 3.35. The Bertz CT molecular complexity index is 205. The zero-order valence-corrected chi connectivity index (χ0v) is 9.87. The van der Waals surface area contributed by atoms with Crippen LogP contribution in [-0.2, 0) is 9.53 Å². The summed E-state index contributed by atoms with van der Waals surface area (Å²) in [6.07, 6.45) is 13.1. The van der Waals surface area contributed by atoms with E-state index in [0.717, 1.165) is 19.3 Å². The highest BCUT2D eigenvalue weighted by atomic mass is 16.5. The zero-order chi connectivity index (χ0) is 11.4. The number of rotatable bonds is 8. The molecule has 0 aliphatic heterocycles. The number of carbonyl (C=O) groups excluding carboxylic acids is 1. The summed E-state index contributed by atoms with van der Waals surface area (Å²) in [6, 6.07) is 0. The summed E-state index contributed by atoms with van der Waals surface area (Å²) in [5, 5.41) is 0. The lowest BCUT2D eigenvalue weighted by atomic mass is 10.2. The molecule has 0 bridgehead atoms. The molecule has 0 fully saturated rings. The lowest BCUT2D eigenvalue weighted by Gasteiger charge is -1.96. The molecular weight excluding hydrogens is 188 g/mol. The highest BCUT2D eigenvalue weighted by Crippen LogP contribution is 1.97. The van der Waals surface area contributed by atoms with Crippen LogP contribution in [0.3, 0.4) is 0 Å². The Labute approximate surface area is 93.0 Å². The summed E-state index contributed by atoms with van der Waals surface area (Å²) < 4.78 is 4.80. The number of ether oxygens (including phenoxy) is 1. The molecule has 2 heteroatoms. The molecular formula is C13H22O2. The van der Waals surface area contributed by atoms with Crippen LogP contribution in [0.4, 0.5) is 0 Å². The second-order valence-electron chi connectivity index (χ2n) is 3.32. The molecule has 0 amide bonds. The van der Waals surface area contributed by atoms with E-state index < -0.39 is 0 Å². The van der Waals surface area contributed by atoms with Crippen LogP contribution >= 0.6 is 0 Å². The molecule has 0 atom stereocenters. The first-order chi connectivity index (χ1) is 7.31. The molecule has 0 aromatic heterocycles. The molecule has 86 valence electrons. The normalized spacial score (nSPS) is 11.3. The number of hydrogen-bond donors (Lipinski definition) is 0. The van der Waals surface area contributed by atoms with Gasteiger partial charge in [0.05, 0.1) is 13.0 Å². The molecule has 0 rings (SSSR count). The Morgan fingerprint density at radius 3 is 2.20 bits per heavy atom. The Kier molecular flexibility index (Phi) is 10.3. The molecule has 0 aliphatic carbocycles. The molecule has 0 N–H and O–H groups in total. The Morgan fingerprint density at radius 1 is 1.00 bits per heavy atom. The van der Waals surface area contributed by atoms with E-state index in [4.69, 9.17) is 4.74 Å². The average molecular weight is 210 g/mol. The molecule has 0 heterocycles. The number of unbranched alkanes of at least 4 members (excludes halogenated alkanes) is 2. The second-order valence-corrected chi connectivity index (χ2v) is 3.32. The van der Waals surface area contributed by atoms with E-state index in [2.05, 4.69) is 19.1 Å². The van der Waals surface area contributed by atoms with E-state index in [1.54, 1.807) is 0 Å². The largest absolute Gasteiger partial charge is 0.466 e. The molecule has 0 unspecified atom stereocenters. The predicted molar refractivity (Wildman–Crippen MR) is 63.7 cm³/mol. The summed E-state index contributed by atoms with van der Waals surface area (Å²) in [4.78, 5) is 10.9. The van der Waals surface area contributed by atoms with Gasteiger partial charge >= 0.3 is 5.97 Å². The van der Waals surface area contributed by atoms with Gasteiger partial charge < -0.3 is 4.74 Å². The van der Waals surface area contributed by atoms with Crippen LogP contribution in [-0.4, -0.2) is 12.6 Å². The maximum absolute atomic E-state index is 10.9. The highest BCUT2D eigenvalue weighted by molar-refractivity contribution is 5.71. The predicted octanol–water partition coefficient (Wildman–Crippen LogP) is 3.63. The third kappa shape index (κ3) is 10.9. The Morgan fingerprint density at radius 2 is 1.60 bits per heavy atom. The fourth-order valence-corrected chi connectivity index (χ4v) is 1.11. The first-order valence-electron chi connectivity index (χ1n) is 5.76. The van der Waals surface area contributed by atoms with E-state index in [1.807, 2.05) is 19.1 Å². The summed E-state index contributed by atoms with van der Waals surface area (Å²) >= 11 is 0. The van der Waals surface area contributed by atoms with Gasteiger partial charge in [0.1, 0.15) is 0 Å². The van der Waals surface area contributed by atoms with Crippen molar-refractivity contribution in [3.8, 4) is 0 Å². The van der Waals surface area contributed by atoms with Crippen LogP contribution in [0.25, 0.3) is 0 Å². The van der Waals surface area contributed by atoms with Gasteiger partial charge in [0.15, 0.2) is 0 Å². The van der Waals surface area contributed by atoms with E-state index in [0.29, 0.717) is 13.0 Å². The van der Waals surface area contributed by atoms with Crippen LogP contribution in [0, 0.1) is 0 Å². The van der Waals surface area contributed by atoms with Crippen LogP contribution < -0.4 is 0 Å². The SMILES string of the molecule is CCC/C=C/CC/C=C/CC(=O)OCC. The van der Waals surface area contributed by atoms with Gasteiger partial charge in [-0.1, -0.05) is 37.6 Å². The van der Waals surface area contributed by atoms with E-state index in [1.165, 1.54) is 6.42 Å². The lowest BCUT2D eigenvalue weighted by Crippen LogP contribution is -2.01. The molecule has 0 aliphatic rings. The fraction of sp³-hybridized carbons (Fsp3) is 0.615. The number of hydrogen-bond acceptors (Lipinski definition) is 2. The van der Waals surface area contributed by atoms with Crippen molar-refractivity contribution in [2.75, 3.05) is 6.61 Å². The van der Waals surface area contributed by atoms with Gasteiger partial charge in [0, 0.05) is 0 Å². The first kappa shape index (κ1) is 13.9. The van der Waals surface area contributed by atoms with Gasteiger partial charge in [0.25, 0.3) is 0 Å². The smallest absolute Gasteiger partial charge is 0.309 e. The van der Waals surface area contributed by atoms with Gasteiger partial charge in [-0.3, -0.25) is 4.79 Å². The monoisotopic (exact) mass is 210 g/mol. The summed E-state index contributed by atoms with van der Waals surface area (Å²) in [7, 11) is 0. The maximum Gasteiger partial charge on any atom is 0.309 e. The second kappa shape index (κ2) is 11.0. The van der Waals surface area contributed by atoms with Crippen molar-refractivity contribution in [3.63, 3.8) is 0 Å². The Hall–Kier alpha value is -1.05. The molecule has 0 aromatic carbocycles. The van der Waals surface area contributed by atoms with Crippen molar-refractivity contribution in [2.45, 2.75) is 46.0 Å². The molecule has 0 spiro atoms. The van der Waals surface area contributed by atoms with E-state index >= 15 is 0 Å². The van der Waals surface area contributed by atoms with E-state index in [-0.39, 0.29) is 5.97 Å². The topological polar surface area (TPSA) is 26.3 Å². The van der Waals surface area contributed by atoms with Crippen molar-refractivity contribution < 1.29 is 9.53 Å². The van der Waals surface area contributed by atoms with Gasteiger partial charge in [-0.25, -0.2) is 0 Å². The fourth-order valence-electron chi connectivity index (χ4n) is 1.11. The minimum atomic E-state index is -0.143. The number of carbonyl (C=O) groups is 1.